The van der Waals surface area contributed by atoms with Gasteiger partial charge in [-0.15, -0.1) is 0 Å². The summed E-state index contributed by atoms with van der Waals surface area (Å²) >= 11 is 0. The molecule has 3 heterocycles. The molecule has 34 heavy (non-hydrogen) atoms. The lowest BCUT2D eigenvalue weighted by atomic mass is 9.93. The third kappa shape index (κ3) is 4.05. The van der Waals surface area contributed by atoms with E-state index in [1.165, 1.54) is 6.33 Å². The Morgan fingerprint density at radius 3 is 2.50 bits per heavy atom. The average Bonchev–Trinajstić information content (AvgIpc) is 3.60. The van der Waals surface area contributed by atoms with Crippen molar-refractivity contribution in [2.24, 2.45) is 0 Å². The molecule has 2 aromatic heterocycles. The van der Waals surface area contributed by atoms with E-state index in [1.807, 2.05) is 36.4 Å². The monoisotopic (exact) mass is 458 g/mol. The molecule has 9 heteroatoms. The van der Waals surface area contributed by atoms with Crippen molar-refractivity contribution >= 4 is 17.7 Å². The molecule has 1 aliphatic heterocycles. The van der Waals surface area contributed by atoms with Crippen molar-refractivity contribution in [3.05, 3.63) is 83.7 Å². The van der Waals surface area contributed by atoms with Gasteiger partial charge in [0.05, 0.1) is 12.9 Å². The Balaban J connectivity index is 1.37. The van der Waals surface area contributed by atoms with E-state index in [0.717, 1.165) is 24.0 Å². The second-order valence-corrected chi connectivity index (χ2v) is 8.96. The molecule has 174 valence electrons. The molecular weight excluding hydrogens is 432 g/mol. The van der Waals surface area contributed by atoms with E-state index in [4.69, 9.17) is 0 Å². The van der Waals surface area contributed by atoms with Crippen LogP contribution in [0.2, 0.25) is 0 Å². The predicted octanol–water partition coefficient (Wildman–Crippen LogP) is 1.90. The van der Waals surface area contributed by atoms with E-state index in [1.54, 1.807) is 34.9 Å². The van der Waals surface area contributed by atoms with E-state index in [-0.39, 0.29) is 42.3 Å². The smallest absolute Gasteiger partial charge is 0.274 e. The summed E-state index contributed by atoms with van der Waals surface area (Å²) in [6.07, 6.45) is 6.48. The number of benzene rings is 1. The van der Waals surface area contributed by atoms with Crippen LogP contribution in [0.4, 0.5) is 0 Å². The molecule has 2 N–H and O–H groups in total. The number of hydrogen-bond acceptors (Lipinski definition) is 5. The molecule has 3 amide bonds. The van der Waals surface area contributed by atoms with Gasteiger partial charge in [0, 0.05) is 31.5 Å². The molecule has 1 atom stereocenters. The first-order valence-electron chi connectivity index (χ1n) is 11.4. The number of amides is 3. The van der Waals surface area contributed by atoms with Crippen molar-refractivity contribution in [1.82, 2.24) is 30.1 Å². The number of fused-ring (bicyclic) bond motifs is 1. The largest absolute Gasteiger partial charge is 0.350 e. The molecule has 0 spiro atoms. The standard InChI is InChI=1S/C25H26N6O3/c1-25(24(34)28-13-17-6-3-2-4-7-17)15-30-16-29-20(21(30)23(33)31(25)19-9-10-19)22(32)27-14-18-8-5-11-26-12-18/h2-8,11-12,16,19H,9-10,13-15H2,1H3,(H,27,32)(H,28,34)/t25-/m0/s1. The summed E-state index contributed by atoms with van der Waals surface area (Å²) in [4.78, 5) is 49.8. The number of carbonyl (C=O) groups is 3. The first-order valence-corrected chi connectivity index (χ1v) is 11.4. The number of aromatic nitrogens is 3. The van der Waals surface area contributed by atoms with E-state index < -0.39 is 11.4 Å². The van der Waals surface area contributed by atoms with Crippen LogP contribution in [0.3, 0.4) is 0 Å². The fourth-order valence-electron chi connectivity index (χ4n) is 4.46. The quantitative estimate of drug-likeness (QED) is 0.562. The van der Waals surface area contributed by atoms with Crippen molar-refractivity contribution in [3.8, 4) is 0 Å². The maximum absolute atomic E-state index is 13.6. The lowest BCUT2D eigenvalue weighted by Gasteiger charge is -2.44. The highest BCUT2D eigenvalue weighted by atomic mass is 16.2. The van der Waals surface area contributed by atoms with Crippen molar-refractivity contribution in [3.63, 3.8) is 0 Å². The van der Waals surface area contributed by atoms with Gasteiger partial charge in [0.1, 0.15) is 11.2 Å². The van der Waals surface area contributed by atoms with E-state index in [9.17, 15) is 14.4 Å². The molecule has 5 rings (SSSR count). The van der Waals surface area contributed by atoms with Crippen LogP contribution in [-0.2, 0) is 24.4 Å². The topological polar surface area (TPSA) is 109 Å². The maximum Gasteiger partial charge on any atom is 0.274 e. The second kappa shape index (κ2) is 8.74. The van der Waals surface area contributed by atoms with Gasteiger partial charge in [0.15, 0.2) is 5.69 Å². The third-order valence-corrected chi connectivity index (χ3v) is 6.36. The first-order chi connectivity index (χ1) is 16.5. The number of carbonyl (C=O) groups excluding carboxylic acids is 3. The molecular formula is C25H26N6O3. The number of nitrogens with zero attached hydrogens (tertiary/aromatic N) is 4. The van der Waals surface area contributed by atoms with Gasteiger partial charge in [-0.05, 0) is 37.0 Å². The summed E-state index contributed by atoms with van der Waals surface area (Å²) in [5.41, 5.74) is 1.05. The van der Waals surface area contributed by atoms with E-state index in [2.05, 4.69) is 20.6 Å². The van der Waals surface area contributed by atoms with Gasteiger partial charge in [-0.1, -0.05) is 36.4 Å². The van der Waals surface area contributed by atoms with Crippen LogP contribution >= 0.6 is 0 Å². The van der Waals surface area contributed by atoms with Crippen molar-refractivity contribution in [1.29, 1.82) is 0 Å². The minimum atomic E-state index is -1.08. The van der Waals surface area contributed by atoms with Gasteiger partial charge in [-0.2, -0.15) is 0 Å². The minimum absolute atomic E-state index is 0.0186. The fraction of sp³-hybridized carbons (Fsp3) is 0.320. The highest BCUT2D eigenvalue weighted by Gasteiger charge is 2.53. The van der Waals surface area contributed by atoms with Crippen LogP contribution in [0.1, 0.15) is 51.9 Å². The SMILES string of the molecule is C[C@@]1(C(=O)NCc2ccccc2)Cn2cnc(C(=O)NCc3cccnc3)c2C(=O)N1C1CC1. The molecule has 1 aromatic carbocycles. The molecule has 0 bridgehead atoms. The number of imidazole rings is 1. The number of nitrogens with one attached hydrogen (secondary N) is 2. The van der Waals surface area contributed by atoms with Crippen LogP contribution in [0, 0.1) is 0 Å². The van der Waals surface area contributed by atoms with Crippen molar-refractivity contribution < 1.29 is 14.4 Å². The summed E-state index contributed by atoms with van der Waals surface area (Å²) in [6, 6.07) is 13.3. The number of rotatable bonds is 7. The van der Waals surface area contributed by atoms with Crippen LogP contribution in [0.15, 0.2) is 61.2 Å². The Hall–Kier alpha value is -4.01. The van der Waals surface area contributed by atoms with Gasteiger partial charge < -0.3 is 20.1 Å². The molecule has 0 unspecified atom stereocenters. The highest BCUT2D eigenvalue weighted by molar-refractivity contribution is 6.07. The summed E-state index contributed by atoms with van der Waals surface area (Å²) in [7, 11) is 0. The molecule has 0 radical (unpaired) electrons. The Labute approximate surface area is 197 Å². The molecule has 0 saturated heterocycles. The van der Waals surface area contributed by atoms with E-state index in [0.29, 0.717) is 6.54 Å². The molecule has 9 nitrogen and oxygen atoms in total. The zero-order valence-electron chi connectivity index (χ0n) is 18.9. The molecule has 1 saturated carbocycles. The Morgan fingerprint density at radius 2 is 1.79 bits per heavy atom. The fourth-order valence-corrected chi connectivity index (χ4v) is 4.46. The molecule has 3 aromatic rings. The Morgan fingerprint density at radius 1 is 1.06 bits per heavy atom. The average molecular weight is 459 g/mol. The van der Waals surface area contributed by atoms with Gasteiger partial charge >= 0.3 is 0 Å². The summed E-state index contributed by atoms with van der Waals surface area (Å²) < 4.78 is 1.63. The van der Waals surface area contributed by atoms with Gasteiger partial charge in [-0.25, -0.2) is 4.98 Å². The lowest BCUT2D eigenvalue weighted by molar-refractivity contribution is -0.133. The van der Waals surface area contributed by atoms with Gasteiger partial charge in [0.25, 0.3) is 11.8 Å². The normalized spacial score (nSPS) is 19.4. The molecule has 2 aliphatic rings. The lowest BCUT2D eigenvalue weighted by Crippen LogP contribution is -2.64. The summed E-state index contributed by atoms with van der Waals surface area (Å²) in [5.74, 6) is -0.993. The number of pyridine rings is 1. The predicted molar refractivity (Wildman–Crippen MR) is 124 cm³/mol. The molecule has 1 fully saturated rings. The maximum atomic E-state index is 13.6. The van der Waals surface area contributed by atoms with Gasteiger partial charge in [-0.3, -0.25) is 19.4 Å². The second-order valence-electron chi connectivity index (χ2n) is 8.96. The zero-order valence-corrected chi connectivity index (χ0v) is 18.9. The number of hydrogen-bond donors (Lipinski definition) is 2. The van der Waals surface area contributed by atoms with Crippen molar-refractivity contribution in [2.75, 3.05) is 0 Å². The third-order valence-electron chi connectivity index (χ3n) is 6.36. The highest BCUT2D eigenvalue weighted by Crippen LogP contribution is 2.38. The van der Waals surface area contributed by atoms with Crippen LogP contribution < -0.4 is 10.6 Å². The summed E-state index contributed by atoms with van der Waals surface area (Å²) in [6.45, 7) is 2.67. The van der Waals surface area contributed by atoms with Crippen LogP contribution in [0.5, 0.6) is 0 Å². The van der Waals surface area contributed by atoms with Crippen LogP contribution in [-0.4, -0.2) is 48.7 Å². The van der Waals surface area contributed by atoms with Crippen molar-refractivity contribution in [2.45, 2.75) is 51.0 Å². The summed E-state index contributed by atoms with van der Waals surface area (Å²) in [5, 5.41) is 5.80. The Bertz CT molecular complexity index is 1220. The molecule has 1 aliphatic carbocycles. The van der Waals surface area contributed by atoms with E-state index >= 15 is 0 Å². The Kier molecular flexibility index (Phi) is 5.61. The zero-order chi connectivity index (χ0) is 23.7. The van der Waals surface area contributed by atoms with Crippen LogP contribution in [0.25, 0.3) is 0 Å². The minimum Gasteiger partial charge on any atom is -0.350 e. The first kappa shape index (κ1) is 21.8. The van der Waals surface area contributed by atoms with Gasteiger partial charge in [0.2, 0.25) is 5.91 Å².